The highest BCUT2D eigenvalue weighted by molar-refractivity contribution is 7.87. The Balaban J connectivity index is 1.52. The molecule has 0 bridgehead atoms. The monoisotopic (exact) mass is 678 g/mol. The molecule has 4 rings (SSSR count). The average molecular weight is 679 g/mol. The number of halogens is 3. The highest BCUT2D eigenvalue weighted by Gasteiger charge is 2.45. The molecule has 0 spiro atoms. The van der Waals surface area contributed by atoms with Crippen molar-refractivity contribution in [2.45, 2.75) is 62.9 Å². The first kappa shape index (κ1) is 34.1. The molecule has 0 aliphatic carbocycles. The molecule has 246 valence electrons. The molecule has 2 amide bonds. The zero-order chi connectivity index (χ0) is 33.7. The predicted octanol–water partition coefficient (Wildman–Crippen LogP) is 2.03. The van der Waals surface area contributed by atoms with Gasteiger partial charge in [-0.2, -0.15) is 13.2 Å². The first-order chi connectivity index (χ1) is 20.6. The van der Waals surface area contributed by atoms with Gasteiger partial charge in [-0.25, -0.2) is 26.4 Å². The van der Waals surface area contributed by atoms with Gasteiger partial charge in [-0.1, -0.05) is 12.5 Å². The van der Waals surface area contributed by atoms with Crippen molar-refractivity contribution in [3.8, 4) is 0 Å². The number of benzene rings is 1. The summed E-state index contributed by atoms with van der Waals surface area (Å²) in [5.41, 5.74) is -3.79. The van der Waals surface area contributed by atoms with Crippen molar-refractivity contribution in [1.29, 1.82) is 0 Å². The number of nitrogens with zero attached hydrogens (tertiary/aromatic N) is 2. The second kappa shape index (κ2) is 11.8. The van der Waals surface area contributed by atoms with Gasteiger partial charge in [0, 0.05) is 41.7 Å². The molecule has 1 atom stereocenters. The normalized spacial score (nSPS) is 18.7. The van der Waals surface area contributed by atoms with Gasteiger partial charge in [-0.15, -0.1) is 5.06 Å². The number of hydrogen-bond acceptors (Lipinski definition) is 13. The lowest BCUT2D eigenvalue weighted by molar-refractivity contribution is -0.197. The second-order valence-corrected chi connectivity index (χ2v) is 14.0. The number of carbonyl (C=O) groups is 3. The largest absolute Gasteiger partial charge is 0.748 e. The Morgan fingerprint density at radius 3 is 2.31 bits per heavy atom. The van der Waals surface area contributed by atoms with Crippen LogP contribution in [0.15, 0.2) is 33.5 Å². The van der Waals surface area contributed by atoms with Gasteiger partial charge in [0.2, 0.25) is 0 Å². The fourth-order valence-electron chi connectivity index (χ4n) is 5.29. The molecule has 1 aromatic heterocycles. The van der Waals surface area contributed by atoms with Crippen LogP contribution in [-0.4, -0.2) is 71.9 Å². The Morgan fingerprint density at radius 1 is 1.07 bits per heavy atom. The summed E-state index contributed by atoms with van der Waals surface area (Å²) >= 11 is 0. The van der Waals surface area contributed by atoms with Gasteiger partial charge in [0.1, 0.15) is 21.0 Å². The highest BCUT2D eigenvalue weighted by atomic mass is 32.2. The van der Waals surface area contributed by atoms with E-state index >= 15 is 0 Å². The minimum Gasteiger partial charge on any atom is -0.748 e. The SMILES string of the molecule is CC1(C)C=C(CS(=O)(=O)[O-])c2cc3c(C(F)(F)F)cc(=O)oc3cc2N1CCCCCC(=O)ON1C(=O)CC(S(=O)(=O)[O-])C1=O. The molecule has 1 unspecified atom stereocenters. The van der Waals surface area contributed by atoms with Gasteiger partial charge in [-0.3, -0.25) is 9.59 Å². The summed E-state index contributed by atoms with van der Waals surface area (Å²) in [6, 6.07) is 2.47. The third-order valence-electron chi connectivity index (χ3n) is 7.22. The zero-order valence-electron chi connectivity index (χ0n) is 23.6. The molecule has 3 heterocycles. The number of rotatable bonds is 10. The van der Waals surface area contributed by atoms with Crippen LogP contribution in [0.3, 0.4) is 0 Å². The Kier molecular flexibility index (Phi) is 8.97. The number of anilines is 1. The van der Waals surface area contributed by atoms with Crippen molar-refractivity contribution >= 4 is 60.2 Å². The van der Waals surface area contributed by atoms with E-state index in [0.29, 0.717) is 12.8 Å². The number of carbonyl (C=O) groups excluding carboxylic acids is 3. The summed E-state index contributed by atoms with van der Waals surface area (Å²) in [5.74, 6) is -4.67. The predicted molar refractivity (Wildman–Crippen MR) is 146 cm³/mol. The van der Waals surface area contributed by atoms with Crippen LogP contribution in [0.25, 0.3) is 16.5 Å². The number of fused-ring (bicyclic) bond motifs is 2. The van der Waals surface area contributed by atoms with E-state index < -0.39 is 89.3 Å². The fourth-order valence-corrected chi connectivity index (χ4v) is 6.60. The molecule has 0 saturated carbocycles. The summed E-state index contributed by atoms with van der Waals surface area (Å²) in [7, 11) is -9.99. The molecule has 1 saturated heterocycles. The maximum Gasteiger partial charge on any atom is 0.417 e. The van der Waals surface area contributed by atoms with Gasteiger partial charge in [0.25, 0.3) is 11.8 Å². The molecule has 0 radical (unpaired) electrons. The zero-order valence-corrected chi connectivity index (χ0v) is 25.2. The van der Waals surface area contributed by atoms with Crippen LogP contribution >= 0.6 is 0 Å². The number of hydrogen-bond donors (Lipinski definition) is 0. The van der Waals surface area contributed by atoms with Crippen molar-refractivity contribution in [1.82, 2.24) is 5.06 Å². The summed E-state index contributed by atoms with van der Waals surface area (Å²) in [6.07, 6.45) is -3.96. The van der Waals surface area contributed by atoms with Crippen molar-refractivity contribution < 1.29 is 62.8 Å². The molecule has 1 aromatic carbocycles. The van der Waals surface area contributed by atoms with Crippen molar-refractivity contribution in [3.05, 3.63) is 45.8 Å². The third kappa shape index (κ3) is 7.54. The van der Waals surface area contributed by atoms with Crippen LogP contribution in [0.5, 0.6) is 0 Å². The minimum absolute atomic E-state index is 0.0162. The van der Waals surface area contributed by atoms with Crippen LogP contribution < -0.4 is 10.5 Å². The average Bonchev–Trinajstić information content (AvgIpc) is 3.15. The van der Waals surface area contributed by atoms with Gasteiger partial charge in [-0.05, 0) is 38.3 Å². The molecule has 0 N–H and O–H groups in total. The van der Waals surface area contributed by atoms with Gasteiger partial charge in [0.05, 0.1) is 33.4 Å². The van der Waals surface area contributed by atoms with Crippen molar-refractivity contribution in [2.75, 3.05) is 17.2 Å². The Labute approximate surface area is 253 Å². The van der Waals surface area contributed by atoms with Gasteiger partial charge >= 0.3 is 17.8 Å². The van der Waals surface area contributed by atoms with Crippen LogP contribution in [0.1, 0.15) is 57.1 Å². The van der Waals surface area contributed by atoms with Crippen molar-refractivity contribution in [3.63, 3.8) is 0 Å². The molecule has 2 aliphatic rings. The highest BCUT2D eigenvalue weighted by Crippen LogP contribution is 2.44. The Hall–Kier alpha value is -3.81. The summed E-state index contributed by atoms with van der Waals surface area (Å²) in [4.78, 5) is 54.3. The number of unbranched alkanes of at least 4 members (excludes halogenated alkanes) is 2. The molecular weight excluding hydrogens is 653 g/mol. The van der Waals surface area contributed by atoms with E-state index in [1.807, 2.05) is 0 Å². The molecule has 45 heavy (non-hydrogen) atoms. The third-order valence-corrected chi connectivity index (χ3v) is 8.95. The topological polar surface area (TPSA) is 212 Å². The van der Waals surface area contributed by atoms with Gasteiger partial charge in [0.15, 0.2) is 0 Å². The van der Waals surface area contributed by atoms with Crippen molar-refractivity contribution in [2.24, 2.45) is 0 Å². The maximum atomic E-state index is 13.8. The lowest BCUT2D eigenvalue weighted by atomic mass is 9.87. The lowest BCUT2D eigenvalue weighted by Crippen LogP contribution is -2.46. The summed E-state index contributed by atoms with van der Waals surface area (Å²) < 4.78 is 115. The number of amides is 2. The standard InChI is InChI=1S/C26H27F3N2O12S2/c1-25(2)12-14(13-44(36,37)38)15-8-16-17(26(27,28)29)9-23(34)42-19(16)10-18(15)30(25)7-5-3-4-6-22(33)43-31-21(32)11-20(24(31)35)45(39,40)41/h8-10,12,20H,3-7,11,13H2,1-2H3,(H,36,37,38)(H,39,40,41)/p-2. The lowest BCUT2D eigenvalue weighted by Gasteiger charge is -2.44. The van der Waals surface area contributed by atoms with E-state index in [2.05, 4.69) is 4.84 Å². The molecule has 19 heteroatoms. The summed E-state index contributed by atoms with van der Waals surface area (Å²) in [6.45, 7) is 3.51. The number of hydroxylamine groups is 2. The maximum absolute atomic E-state index is 13.8. The molecule has 2 aliphatic heterocycles. The summed E-state index contributed by atoms with van der Waals surface area (Å²) in [5, 5.41) is -2.74. The number of imide groups is 1. The van der Waals surface area contributed by atoms with Crippen LogP contribution in [-0.2, 0) is 45.6 Å². The molecule has 14 nitrogen and oxygen atoms in total. The minimum atomic E-state index is -5.13. The fraction of sp³-hybridized carbons (Fsp3) is 0.462. The molecule has 1 fully saturated rings. The van der Waals surface area contributed by atoms with Crippen LogP contribution in [0.2, 0.25) is 0 Å². The Bertz CT molecular complexity index is 1880. The van der Waals surface area contributed by atoms with E-state index in [0.717, 1.165) is 6.07 Å². The van der Waals surface area contributed by atoms with Gasteiger partial charge < -0.3 is 23.3 Å². The van der Waals surface area contributed by atoms with E-state index in [9.17, 15) is 58.3 Å². The smallest absolute Gasteiger partial charge is 0.417 e. The van der Waals surface area contributed by atoms with Crippen LogP contribution in [0.4, 0.5) is 18.9 Å². The van der Waals surface area contributed by atoms with E-state index in [-0.39, 0.29) is 47.3 Å². The molecular formula is C26H25F3N2O12S2-2. The first-order valence-electron chi connectivity index (χ1n) is 13.2. The first-order valence-corrected chi connectivity index (χ1v) is 16.3. The van der Waals surface area contributed by atoms with E-state index in [4.69, 9.17) is 4.42 Å². The quantitative estimate of drug-likeness (QED) is 0.153. The van der Waals surface area contributed by atoms with E-state index in [1.165, 1.54) is 12.1 Å². The second-order valence-electron chi connectivity index (χ2n) is 11.0. The van der Waals surface area contributed by atoms with Crippen LogP contribution in [0, 0.1) is 0 Å². The Morgan fingerprint density at radius 2 is 1.73 bits per heavy atom. The number of alkyl halides is 3. The molecule has 2 aromatic rings. The van der Waals surface area contributed by atoms with E-state index in [1.54, 1.807) is 18.7 Å².